The zero-order chi connectivity index (χ0) is 9.61. The van der Waals surface area contributed by atoms with Crippen LogP contribution < -0.4 is 0 Å². The highest BCUT2D eigenvalue weighted by Gasteiger charge is 2.26. The second-order valence-electron chi connectivity index (χ2n) is 2.77. The van der Waals surface area contributed by atoms with E-state index in [2.05, 4.69) is 0 Å². The van der Waals surface area contributed by atoms with Crippen LogP contribution in [0.4, 0.5) is 13.2 Å². The molecule has 12 heavy (non-hydrogen) atoms. The number of hydrogen-bond acceptors (Lipinski definition) is 1. The summed E-state index contributed by atoms with van der Waals surface area (Å²) in [5.41, 5.74) is 0. The van der Waals surface area contributed by atoms with Gasteiger partial charge in [0.2, 0.25) is 0 Å². The molecule has 0 aliphatic heterocycles. The minimum Gasteiger partial charge on any atom is -0.381 e. The van der Waals surface area contributed by atoms with Gasteiger partial charge in [-0.3, -0.25) is 0 Å². The predicted molar refractivity (Wildman–Crippen MR) is 41.0 cm³/mol. The Morgan fingerprint density at radius 1 is 1.33 bits per heavy atom. The molecular formula is C8H15F3O. The van der Waals surface area contributed by atoms with Gasteiger partial charge in [0.1, 0.15) is 0 Å². The predicted octanol–water partition coefficient (Wildman–Crippen LogP) is 3.14. The molecule has 0 bridgehead atoms. The van der Waals surface area contributed by atoms with E-state index in [-0.39, 0.29) is 12.5 Å². The van der Waals surface area contributed by atoms with Gasteiger partial charge in [0.25, 0.3) is 0 Å². The minimum atomic E-state index is -4.02. The van der Waals surface area contributed by atoms with Gasteiger partial charge in [0, 0.05) is 13.5 Å². The van der Waals surface area contributed by atoms with Crippen LogP contribution in [0.5, 0.6) is 0 Å². The number of rotatable bonds is 5. The SMILES string of the molecule is CCC(CCCC(F)(F)F)OC. The molecule has 0 rings (SSSR count). The van der Waals surface area contributed by atoms with E-state index in [0.717, 1.165) is 6.42 Å². The summed E-state index contributed by atoms with van der Waals surface area (Å²) < 4.78 is 40.0. The number of methoxy groups -OCH3 is 1. The van der Waals surface area contributed by atoms with Crippen molar-refractivity contribution in [3.63, 3.8) is 0 Å². The van der Waals surface area contributed by atoms with Crippen molar-refractivity contribution in [2.75, 3.05) is 7.11 Å². The molecule has 1 nitrogen and oxygen atoms in total. The lowest BCUT2D eigenvalue weighted by atomic mass is 10.1. The maximum atomic E-state index is 11.7. The third-order valence-corrected chi connectivity index (χ3v) is 1.78. The van der Waals surface area contributed by atoms with Gasteiger partial charge in [-0.2, -0.15) is 13.2 Å². The Hall–Kier alpha value is -0.250. The van der Waals surface area contributed by atoms with Crippen LogP contribution in [0.1, 0.15) is 32.6 Å². The van der Waals surface area contributed by atoms with Gasteiger partial charge in [-0.05, 0) is 19.3 Å². The summed E-state index contributed by atoms with van der Waals surface area (Å²) >= 11 is 0. The Kier molecular flexibility index (Phi) is 5.29. The maximum Gasteiger partial charge on any atom is 0.389 e. The highest BCUT2D eigenvalue weighted by atomic mass is 19.4. The molecule has 0 aromatic rings. The summed E-state index contributed by atoms with van der Waals surface area (Å²) in [5.74, 6) is 0. The largest absolute Gasteiger partial charge is 0.389 e. The molecule has 0 N–H and O–H groups in total. The highest BCUT2D eigenvalue weighted by molar-refractivity contribution is 4.57. The van der Waals surface area contributed by atoms with Crippen LogP contribution in [0.15, 0.2) is 0 Å². The Balaban J connectivity index is 3.41. The van der Waals surface area contributed by atoms with Crippen LogP contribution in [-0.2, 0) is 4.74 Å². The lowest BCUT2D eigenvalue weighted by Gasteiger charge is -2.13. The van der Waals surface area contributed by atoms with Gasteiger partial charge in [-0.25, -0.2) is 0 Å². The van der Waals surface area contributed by atoms with Gasteiger partial charge in [0.15, 0.2) is 0 Å². The van der Waals surface area contributed by atoms with Crippen LogP contribution in [-0.4, -0.2) is 19.4 Å². The van der Waals surface area contributed by atoms with E-state index < -0.39 is 12.6 Å². The van der Waals surface area contributed by atoms with Crippen molar-refractivity contribution >= 4 is 0 Å². The van der Waals surface area contributed by atoms with Crippen LogP contribution in [0.2, 0.25) is 0 Å². The van der Waals surface area contributed by atoms with Gasteiger partial charge in [-0.15, -0.1) is 0 Å². The number of hydrogen-bond donors (Lipinski definition) is 0. The maximum absolute atomic E-state index is 11.7. The smallest absolute Gasteiger partial charge is 0.381 e. The third kappa shape index (κ3) is 6.46. The van der Waals surface area contributed by atoms with Crippen molar-refractivity contribution in [1.82, 2.24) is 0 Å². The van der Waals surface area contributed by atoms with E-state index in [4.69, 9.17) is 4.74 Å². The molecule has 0 aromatic heterocycles. The molecule has 4 heteroatoms. The second kappa shape index (κ2) is 5.41. The van der Waals surface area contributed by atoms with Crippen molar-refractivity contribution in [3.8, 4) is 0 Å². The average Bonchev–Trinajstić information content (AvgIpc) is 1.96. The fraction of sp³-hybridized carbons (Fsp3) is 1.00. The van der Waals surface area contributed by atoms with E-state index >= 15 is 0 Å². The molecular weight excluding hydrogens is 169 g/mol. The molecule has 74 valence electrons. The average molecular weight is 184 g/mol. The third-order valence-electron chi connectivity index (χ3n) is 1.78. The summed E-state index contributed by atoms with van der Waals surface area (Å²) in [6.45, 7) is 1.90. The molecule has 0 heterocycles. The van der Waals surface area contributed by atoms with Crippen molar-refractivity contribution in [3.05, 3.63) is 0 Å². The van der Waals surface area contributed by atoms with Crippen molar-refractivity contribution in [2.24, 2.45) is 0 Å². The summed E-state index contributed by atoms with van der Waals surface area (Å²) in [5, 5.41) is 0. The fourth-order valence-electron chi connectivity index (χ4n) is 1.02. The van der Waals surface area contributed by atoms with Crippen molar-refractivity contribution < 1.29 is 17.9 Å². The minimum absolute atomic E-state index is 0.0210. The summed E-state index contributed by atoms with van der Waals surface area (Å²) in [4.78, 5) is 0. The zero-order valence-electron chi connectivity index (χ0n) is 7.45. The van der Waals surface area contributed by atoms with Crippen molar-refractivity contribution in [1.29, 1.82) is 0 Å². The topological polar surface area (TPSA) is 9.23 Å². The Morgan fingerprint density at radius 3 is 2.25 bits per heavy atom. The standard InChI is InChI=1S/C8H15F3O/c1-3-7(12-2)5-4-6-8(9,10)11/h7H,3-6H2,1-2H3. The first kappa shape index (κ1) is 11.8. The summed E-state index contributed by atoms with van der Waals surface area (Å²) in [6, 6.07) is 0. The first-order valence-corrected chi connectivity index (χ1v) is 4.09. The molecule has 0 saturated carbocycles. The van der Waals surface area contributed by atoms with Crippen LogP contribution >= 0.6 is 0 Å². The van der Waals surface area contributed by atoms with Crippen LogP contribution in [0, 0.1) is 0 Å². The quantitative estimate of drug-likeness (QED) is 0.637. The molecule has 0 fully saturated rings. The molecule has 0 radical (unpaired) electrons. The fourth-order valence-corrected chi connectivity index (χ4v) is 1.02. The van der Waals surface area contributed by atoms with Gasteiger partial charge in [-0.1, -0.05) is 6.92 Å². The van der Waals surface area contributed by atoms with E-state index in [1.54, 1.807) is 0 Å². The molecule has 0 spiro atoms. The molecule has 1 atom stereocenters. The van der Waals surface area contributed by atoms with E-state index in [0.29, 0.717) is 6.42 Å². The molecule has 0 aromatic carbocycles. The first-order valence-electron chi connectivity index (χ1n) is 4.09. The molecule has 0 amide bonds. The summed E-state index contributed by atoms with van der Waals surface area (Å²) in [7, 11) is 1.53. The molecule has 1 unspecified atom stereocenters. The summed E-state index contributed by atoms with van der Waals surface area (Å²) in [6.07, 6.45) is -3.32. The van der Waals surface area contributed by atoms with Crippen LogP contribution in [0.3, 0.4) is 0 Å². The first-order chi connectivity index (χ1) is 5.49. The lowest BCUT2D eigenvalue weighted by molar-refractivity contribution is -0.136. The second-order valence-corrected chi connectivity index (χ2v) is 2.77. The van der Waals surface area contributed by atoms with E-state index in [1.165, 1.54) is 7.11 Å². The molecule has 0 aliphatic rings. The normalized spacial score (nSPS) is 14.8. The Labute approximate surface area is 70.9 Å². The number of alkyl halides is 3. The van der Waals surface area contributed by atoms with E-state index in [1.807, 2.05) is 6.92 Å². The molecule has 0 saturated heterocycles. The van der Waals surface area contributed by atoms with Gasteiger partial charge >= 0.3 is 6.18 Å². The van der Waals surface area contributed by atoms with Crippen LogP contribution in [0.25, 0.3) is 0 Å². The Morgan fingerprint density at radius 2 is 1.92 bits per heavy atom. The van der Waals surface area contributed by atoms with Gasteiger partial charge in [0.05, 0.1) is 6.10 Å². The number of ether oxygens (including phenoxy) is 1. The van der Waals surface area contributed by atoms with E-state index in [9.17, 15) is 13.2 Å². The Bertz CT molecular complexity index is 107. The number of halogens is 3. The monoisotopic (exact) mass is 184 g/mol. The van der Waals surface area contributed by atoms with Gasteiger partial charge < -0.3 is 4.74 Å². The van der Waals surface area contributed by atoms with Crippen molar-refractivity contribution in [2.45, 2.75) is 44.9 Å². The zero-order valence-corrected chi connectivity index (χ0v) is 7.45. The highest BCUT2D eigenvalue weighted by Crippen LogP contribution is 2.23. The molecule has 0 aliphatic carbocycles. The lowest BCUT2D eigenvalue weighted by Crippen LogP contribution is -2.12.